The normalized spacial score (nSPS) is 14.3. The van der Waals surface area contributed by atoms with Crippen LogP contribution in [-0.2, 0) is 0 Å². The number of urea groups is 1. The molecule has 2 aromatic rings. The Hall–Kier alpha value is -2.69. The lowest BCUT2D eigenvalue weighted by molar-refractivity contribution is 0.208. The number of rotatable bonds is 5. The molecule has 5 heteroatoms. The SMILES string of the molecule is CCOc1ccccc1N1CCN(C(=O)Nc2c(C)cccc2C(C)C)CC1. The van der Waals surface area contributed by atoms with Gasteiger partial charge in [0, 0.05) is 31.9 Å². The Labute approximate surface area is 168 Å². The van der Waals surface area contributed by atoms with E-state index in [9.17, 15) is 4.79 Å². The molecule has 1 N–H and O–H groups in total. The fraction of sp³-hybridized carbons (Fsp3) is 0.435. The summed E-state index contributed by atoms with van der Waals surface area (Å²) in [5.74, 6) is 1.27. The molecule has 1 fully saturated rings. The van der Waals surface area contributed by atoms with Crippen LogP contribution in [0.4, 0.5) is 16.2 Å². The molecule has 0 bridgehead atoms. The standard InChI is InChI=1S/C23H31N3O2/c1-5-28-21-12-7-6-11-20(21)25-13-15-26(16-14-25)23(27)24-22-18(4)9-8-10-19(22)17(2)3/h6-12,17H,5,13-16H2,1-4H3,(H,24,27). The van der Waals surface area contributed by atoms with Crippen LogP contribution in [0.15, 0.2) is 42.5 Å². The Kier molecular flexibility index (Phi) is 6.45. The highest BCUT2D eigenvalue weighted by molar-refractivity contribution is 5.91. The smallest absolute Gasteiger partial charge is 0.321 e. The van der Waals surface area contributed by atoms with E-state index in [0.717, 1.165) is 35.8 Å². The van der Waals surface area contributed by atoms with E-state index in [1.807, 2.05) is 43.0 Å². The summed E-state index contributed by atoms with van der Waals surface area (Å²) in [4.78, 5) is 17.1. The number of amides is 2. The summed E-state index contributed by atoms with van der Waals surface area (Å²) >= 11 is 0. The number of nitrogens with one attached hydrogen (secondary N) is 1. The highest BCUT2D eigenvalue weighted by Crippen LogP contribution is 2.30. The first kappa shape index (κ1) is 20.1. The minimum atomic E-state index is -0.0195. The average molecular weight is 382 g/mol. The molecular formula is C23H31N3O2. The topological polar surface area (TPSA) is 44.8 Å². The van der Waals surface area contributed by atoms with Gasteiger partial charge in [-0.3, -0.25) is 0 Å². The molecule has 1 saturated heterocycles. The zero-order valence-corrected chi connectivity index (χ0v) is 17.4. The number of para-hydroxylation sites is 3. The van der Waals surface area contributed by atoms with Gasteiger partial charge in [0.2, 0.25) is 0 Å². The minimum absolute atomic E-state index is 0.0195. The number of carbonyl (C=O) groups is 1. The summed E-state index contributed by atoms with van der Waals surface area (Å²) in [5, 5.41) is 3.16. The van der Waals surface area contributed by atoms with Gasteiger partial charge in [0.05, 0.1) is 12.3 Å². The number of benzene rings is 2. The van der Waals surface area contributed by atoms with Crippen molar-refractivity contribution in [3.05, 3.63) is 53.6 Å². The van der Waals surface area contributed by atoms with E-state index in [-0.39, 0.29) is 6.03 Å². The maximum absolute atomic E-state index is 12.9. The van der Waals surface area contributed by atoms with E-state index < -0.39 is 0 Å². The van der Waals surface area contributed by atoms with E-state index in [4.69, 9.17) is 4.74 Å². The lowest BCUT2D eigenvalue weighted by atomic mass is 9.98. The zero-order chi connectivity index (χ0) is 20.1. The first-order valence-electron chi connectivity index (χ1n) is 10.1. The maximum Gasteiger partial charge on any atom is 0.321 e. The van der Waals surface area contributed by atoms with Crippen LogP contribution in [0, 0.1) is 6.92 Å². The number of aryl methyl sites for hydroxylation is 1. The van der Waals surface area contributed by atoms with Crippen molar-refractivity contribution in [3.63, 3.8) is 0 Å². The number of ether oxygens (including phenoxy) is 1. The van der Waals surface area contributed by atoms with Crippen LogP contribution in [0.5, 0.6) is 5.75 Å². The molecule has 2 aromatic carbocycles. The molecule has 3 rings (SSSR count). The Morgan fingerprint density at radius 2 is 1.79 bits per heavy atom. The quantitative estimate of drug-likeness (QED) is 0.803. The van der Waals surface area contributed by atoms with Crippen LogP contribution in [0.1, 0.15) is 37.8 Å². The molecule has 0 aromatic heterocycles. The van der Waals surface area contributed by atoms with Gasteiger partial charge in [-0.15, -0.1) is 0 Å². The van der Waals surface area contributed by atoms with E-state index in [0.29, 0.717) is 25.6 Å². The van der Waals surface area contributed by atoms with Crippen molar-refractivity contribution >= 4 is 17.4 Å². The van der Waals surface area contributed by atoms with Crippen molar-refractivity contribution in [2.24, 2.45) is 0 Å². The molecule has 0 spiro atoms. The van der Waals surface area contributed by atoms with Crippen LogP contribution in [0.2, 0.25) is 0 Å². The van der Waals surface area contributed by atoms with Gasteiger partial charge in [-0.25, -0.2) is 4.79 Å². The van der Waals surface area contributed by atoms with Crippen molar-refractivity contribution in [1.82, 2.24) is 4.90 Å². The molecule has 150 valence electrons. The summed E-state index contributed by atoms with van der Waals surface area (Å²) in [5.41, 5.74) is 4.33. The predicted octanol–water partition coefficient (Wildman–Crippen LogP) is 4.87. The maximum atomic E-state index is 12.9. The summed E-state index contributed by atoms with van der Waals surface area (Å²) in [6.07, 6.45) is 0. The zero-order valence-electron chi connectivity index (χ0n) is 17.4. The van der Waals surface area contributed by atoms with Gasteiger partial charge in [-0.2, -0.15) is 0 Å². The first-order valence-corrected chi connectivity index (χ1v) is 10.1. The number of hydrogen-bond acceptors (Lipinski definition) is 3. The van der Waals surface area contributed by atoms with Crippen molar-refractivity contribution < 1.29 is 9.53 Å². The second kappa shape index (κ2) is 9.00. The van der Waals surface area contributed by atoms with Crippen LogP contribution < -0.4 is 15.0 Å². The minimum Gasteiger partial charge on any atom is -0.492 e. The molecule has 0 unspecified atom stereocenters. The average Bonchev–Trinajstić information content (AvgIpc) is 2.70. The fourth-order valence-corrected chi connectivity index (χ4v) is 3.67. The number of nitrogens with zero attached hydrogens (tertiary/aromatic N) is 2. The van der Waals surface area contributed by atoms with Crippen molar-refractivity contribution in [2.75, 3.05) is 43.0 Å². The van der Waals surface area contributed by atoms with Crippen LogP contribution in [-0.4, -0.2) is 43.7 Å². The largest absolute Gasteiger partial charge is 0.492 e. The highest BCUT2D eigenvalue weighted by atomic mass is 16.5. The van der Waals surface area contributed by atoms with Gasteiger partial charge in [0.1, 0.15) is 5.75 Å². The molecule has 0 saturated carbocycles. The fourth-order valence-electron chi connectivity index (χ4n) is 3.67. The second-order valence-corrected chi connectivity index (χ2v) is 7.50. The third kappa shape index (κ3) is 4.41. The number of piperazine rings is 1. The molecule has 0 radical (unpaired) electrons. The van der Waals surface area contributed by atoms with Gasteiger partial charge in [-0.1, -0.05) is 44.2 Å². The van der Waals surface area contributed by atoms with E-state index in [1.54, 1.807) is 0 Å². The summed E-state index contributed by atoms with van der Waals surface area (Å²) in [6, 6.07) is 14.3. The molecule has 28 heavy (non-hydrogen) atoms. The molecular weight excluding hydrogens is 350 g/mol. The first-order chi connectivity index (χ1) is 13.5. The van der Waals surface area contributed by atoms with Crippen LogP contribution >= 0.6 is 0 Å². The summed E-state index contributed by atoms with van der Waals surface area (Å²) in [7, 11) is 0. The number of anilines is 2. The Balaban J connectivity index is 1.65. The van der Waals surface area contributed by atoms with Gasteiger partial charge in [0.15, 0.2) is 0 Å². The third-order valence-corrected chi connectivity index (χ3v) is 5.23. The van der Waals surface area contributed by atoms with Crippen LogP contribution in [0.3, 0.4) is 0 Å². The second-order valence-electron chi connectivity index (χ2n) is 7.50. The van der Waals surface area contributed by atoms with E-state index in [2.05, 4.69) is 42.3 Å². The number of carbonyl (C=O) groups excluding carboxylic acids is 1. The summed E-state index contributed by atoms with van der Waals surface area (Å²) in [6.45, 7) is 12.0. The van der Waals surface area contributed by atoms with Crippen molar-refractivity contribution in [2.45, 2.75) is 33.6 Å². The molecule has 0 atom stereocenters. The molecule has 5 nitrogen and oxygen atoms in total. The number of hydrogen-bond donors (Lipinski definition) is 1. The van der Waals surface area contributed by atoms with Gasteiger partial charge >= 0.3 is 6.03 Å². The lowest BCUT2D eigenvalue weighted by Crippen LogP contribution is -2.50. The van der Waals surface area contributed by atoms with Crippen molar-refractivity contribution in [1.29, 1.82) is 0 Å². The van der Waals surface area contributed by atoms with E-state index >= 15 is 0 Å². The van der Waals surface area contributed by atoms with Crippen molar-refractivity contribution in [3.8, 4) is 5.75 Å². The molecule has 0 aliphatic carbocycles. The monoisotopic (exact) mass is 381 g/mol. The summed E-state index contributed by atoms with van der Waals surface area (Å²) < 4.78 is 5.76. The molecule has 1 aliphatic rings. The lowest BCUT2D eigenvalue weighted by Gasteiger charge is -2.36. The Morgan fingerprint density at radius 3 is 2.46 bits per heavy atom. The molecule has 1 aliphatic heterocycles. The Morgan fingerprint density at radius 1 is 1.07 bits per heavy atom. The van der Waals surface area contributed by atoms with Crippen LogP contribution in [0.25, 0.3) is 0 Å². The van der Waals surface area contributed by atoms with E-state index in [1.165, 1.54) is 5.56 Å². The Bertz CT molecular complexity index is 811. The molecule has 1 heterocycles. The predicted molar refractivity (Wildman–Crippen MR) is 116 cm³/mol. The highest BCUT2D eigenvalue weighted by Gasteiger charge is 2.24. The molecule has 2 amide bonds. The van der Waals surface area contributed by atoms with Gasteiger partial charge < -0.3 is 19.9 Å². The van der Waals surface area contributed by atoms with Gasteiger partial charge in [-0.05, 0) is 43.0 Å². The van der Waals surface area contributed by atoms with Gasteiger partial charge in [0.25, 0.3) is 0 Å². The third-order valence-electron chi connectivity index (χ3n) is 5.23.